The molecule has 1 aliphatic rings. The van der Waals surface area contributed by atoms with E-state index in [1.165, 1.54) is 19.6 Å². The maximum absolute atomic E-state index is 13.1. The number of carbonyl (C=O) groups excluding carboxylic acids is 2. The number of aliphatic hydroxyl groups is 1. The lowest BCUT2D eigenvalue weighted by Crippen LogP contribution is -2.36. The van der Waals surface area contributed by atoms with Crippen molar-refractivity contribution in [3.8, 4) is 0 Å². The Morgan fingerprint density at radius 1 is 1.29 bits per heavy atom. The Morgan fingerprint density at radius 2 is 2.03 bits per heavy atom. The molecule has 0 bridgehead atoms. The van der Waals surface area contributed by atoms with Gasteiger partial charge in [-0.05, 0) is 25.0 Å². The number of hydrogen-bond donors (Lipinski definition) is 5. The topological polar surface area (TPSA) is 168 Å². The lowest BCUT2D eigenvalue weighted by molar-refractivity contribution is -0.117. The summed E-state index contributed by atoms with van der Waals surface area (Å²) in [4.78, 5) is 41.5. The van der Waals surface area contributed by atoms with Crippen LogP contribution in [0.5, 0.6) is 0 Å². The van der Waals surface area contributed by atoms with Crippen molar-refractivity contribution in [1.82, 2.24) is 25.6 Å². The summed E-state index contributed by atoms with van der Waals surface area (Å²) in [5.74, 6) is -0.861. The lowest BCUT2D eigenvalue weighted by Gasteiger charge is -2.14. The van der Waals surface area contributed by atoms with E-state index in [4.69, 9.17) is 10.8 Å². The van der Waals surface area contributed by atoms with Gasteiger partial charge in [-0.1, -0.05) is 0 Å². The van der Waals surface area contributed by atoms with Crippen molar-refractivity contribution in [2.75, 3.05) is 25.5 Å². The van der Waals surface area contributed by atoms with E-state index in [0.717, 1.165) is 18.5 Å². The van der Waals surface area contributed by atoms with Gasteiger partial charge in [0.1, 0.15) is 12.0 Å². The molecular weight excluding hydrogens is 400 g/mol. The molecule has 162 valence electrons. The van der Waals surface area contributed by atoms with E-state index in [-0.39, 0.29) is 30.2 Å². The summed E-state index contributed by atoms with van der Waals surface area (Å²) in [5, 5.41) is 17.0. The first kappa shape index (κ1) is 21.8. The van der Waals surface area contributed by atoms with Gasteiger partial charge in [0, 0.05) is 31.4 Å². The van der Waals surface area contributed by atoms with Crippen LogP contribution in [0.4, 0.5) is 11.4 Å². The monoisotopic (exact) mass is 424 g/mol. The molecule has 2 heterocycles. The highest BCUT2D eigenvalue weighted by molar-refractivity contribution is 6.05. The van der Waals surface area contributed by atoms with Crippen LogP contribution in [-0.2, 0) is 4.79 Å². The molecule has 1 fully saturated rings. The van der Waals surface area contributed by atoms with Gasteiger partial charge < -0.3 is 26.8 Å². The van der Waals surface area contributed by atoms with E-state index in [2.05, 4.69) is 35.9 Å². The number of nitrogens with two attached hydrogens (primary N) is 1. The van der Waals surface area contributed by atoms with E-state index >= 15 is 0 Å². The highest BCUT2D eigenvalue weighted by Crippen LogP contribution is 2.39. The molecule has 31 heavy (non-hydrogen) atoms. The first-order valence-electron chi connectivity index (χ1n) is 9.68. The standard InChI is InChI=1S/C20H24N8O3/c1-22-10-16(17(21)19(30)25-6-7-29)28-20(31)18-15(26-13-8-23-11-24-9-13)5-4-14(27-18)12-2-3-12/h4-5,8-12,26,29H,2-3,6-7,21H2,1H3,(H,25,30)(H,28,31). The zero-order valence-corrected chi connectivity index (χ0v) is 17.0. The average Bonchev–Trinajstić information content (AvgIpc) is 3.63. The molecule has 2 aromatic heterocycles. The molecule has 11 heteroatoms. The van der Waals surface area contributed by atoms with Gasteiger partial charge in [0.05, 0.1) is 36.1 Å². The molecule has 0 aromatic carbocycles. The number of amides is 2. The largest absolute Gasteiger partial charge is 0.395 e. The van der Waals surface area contributed by atoms with Crippen LogP contribution in [0.3, 0.4) is 0 Å². The number of allylic oxidation sites excluding steroid dienone is 1. The molecule has 0 aliphatic heterocycles. The summed E-state index contributed by atoms with van der Waals surface area (Å²) >= 11 is 0. The molecule has 0 spiro atoms. The zero-order chi connectivity index (χ0) is 22.2. The summed E-state index contributed by atoms with van der Waals surface area (Å²) in [5.41, 5.74) is 7.68. The van der Waals surface area contributed by atoms with Crippen LogP contribution in [0.1, 0.15) is 34.9 Å². The fourth-order valence-electron chi connectivity index (χ4n) is 2.74. The van der Waals surface area contributed by atoms with Crippen LogP contribution in [-0.4, -0.2) is 58.3 Å². The Balaban J connectivity index is 1.90. The van der Waals surface area contributed by atoms with Gasteiger partial charge in [0.25, 0.3) is 11.8 Å². The number of aliphatic hydroxyl groups excluding tert-OH is 1. The van der Waals surface area contributed by atoms with Crippen LogP contribution in [0, 0.1) is 0 Å². The van der Waals surface area contributed by atoms with Gasteiger partial charge in [0.2, 0.25) is 0 Å². The Morgan fingerprint density at radius 3 is 2.68 bits per heavy atom. The van der Waals surface area contributed by atoms with Crippen LogP contribution in [0.2, 0.25) is 0 Å². The van der Waals surface area contributed by atoms with Gasteiger partial charge in [0.15, 0.2) is 5.69 Å². The third-order valence-electron chi connectivity index (χ3n) is 4.41. The summed E-state index contributed by atoms with van der Waals surface area (Å²) in [6.45, 7) is -0.207. The number of aromatic nitrogens is 3. The van der Waals surface area contributed by atoms with Gasteiger partial charge in [-0.3, -0.25) is 14.6 Å². The molecule has 0 unspecified atom stereocenters. The Labute approximate surface area is 178 Å². The number of aliphatic imine (C=N–C) groups is 1. The summed E-state index contributed by atoms with van der Waals surface area (Å²) in [6, 6.07) is 3.65. The predicted octanol–water partition coefficient (Wildman–Crippen LogP) is 0.202. The second-order valence-corrected chi connectivity index (χ2v) is 6.81. The molecule has 1 aliphatic carbocycles. The van der Waals surface area contributed by atoms with Crippen molar-refractivity contribution >= 4 is 29.4 Å². The normalized spacial score (nSPS) is 14.1. The molecule has 11 nitrogen and oxygen atoms in total. The highest BCUT2D eigenvalue weighted by atomic mass is 16.3. The van der Waals surface area contributed by atoms with Gasteiger partial charge in [-0.2, -0.15) is 0 Å². The van der Waals surface area contributed by atoms with Crippen LogP contribution in [0.15, 0.2) is 47.2 Å². The fourth-order valence-corrected chi connectivity index (χ4v) is 2.74. The number of anilines is 2. The Kier molecular flexibility index (Phi) is 7.22. The maximum atomic E-state index is 13.1. The third kappa shape index (κ3) is 5.82. The molecule has 2 amide bonds. The number of nitrogens with zero attached hydrogens (tertiary/aromatic N) is 4. The predicted molar refractivity (Wildman–Crippen MR) is 115 cm³/mol. The SMILES string of the molecule is CN=CC(NC(=O)c1nc(C2CC2)ccc1Nc1cncnc1)=C(N)C(=O)NCCO. The molecule has 3 rings (SSSR count). The first-order valence-corrected chi connectivity index (χ1v) is 9.68. The number of rotatable bonds is 9. The highest BCUT2D eigenvalue weighted by Gasteiger charge is 2.27. The molecule has 2 aromatic rings. The van der Waals surface area contributed by atoms with Crippen molar-refractivity contribution < 1.29 is 14.7 Å². The van der Waals surface area contributed by atoms with E-state index in [0.29, 0.717) is 17.3 Å². The zero-order valence-electron chi connectivity index (χ0n) is 17.0. The van der Waals surface area contributed by atoms with E-state index < -0.39 is 11.8 Å². The van der Waals surface area contributed by atoms with E-state index in [1.807, 2.05) is 6.07 Å². The molecule has 0 radical (unpaired) electrons. The Bertz CT molecular complexity index is 1000. The van der Waals surface area contributed by atoms with Crippen LogP contribution < -0.4 is 21.7 Å². The number of hydrogen-bond acceptors (Lipinski definition) is 9. The molecule has 6 N–H and O–H groups in total. The van der Waals surface area contributed by atoms with E-state index in [9.17, 15) is 9.59 Å². The van der Waals surface area contributed by atoms with Gasteiger partial charge >= 0.3 is 0 Å². The molecular formula is C20H24N8O3. The second kappa shape index (κ2) is 10.3. The van der Waals surface area contributed by atoms with E-state index in [1.54, 1.807) is 18.5 Å². The van der Waals surface area contributed by atoms with Crippen LogP contribution in [0.25, 0.3) is 0 Å². The number of pyridine rings is 1. The number of carbonyl (C=O) groups is 2. The summed E-state index contributed by atoms with van der Waals surface area (Å²) in [7, 11) is 1.49. The van der Waals surface area contributed by atoms with Crippen molar-refractivity contribution in [3.63, 3.8) is 0 Å². The average molecular weight is 424 g/mol. The molecule has 1 saturated carbocycles. The van der Waals surface area contributed by atoms with Crippen molar-refractivity contribution in [1.29, 1.82) is 0 Å². The minimum Gasteiger partial charge on any atom is -0.395 e. The molecule has 0 saturated heterocycles. The molecule has 0 atom stereocenters. The van der Waals surface area contributed by atoms with Gasteiger partial charge in [-0.15, -0.1) is 0 Å². The Hall–Kier alpha value is -3.86. The smallest absolute Gasteiger partial charge is 0.276 e. The minimum atomic E-state index is -0.635. The summed E-state index contributed by atoms with van der Waals surface area (Å²) < 4.78 is 0. The first-order chi connectivity index (χ1) is 15.0. The van der Waals surface area contributed by atoms with Gasteiger partial charge in [-0.25, -0.2) is 15.0 Å². The fraction of sp³-hybridized carbons (Fsp3) is 0.300. The third-order valence-corrected chi connectivity index (χ3v) is 4.41. The maximum Gasteiger partial charge on any atom is 0.276 e. The van der Waals surface area contributed by atoms with Crippen molar-refractivity contribution in [2.24, 2.45) is 10.7 Å². The summed E-state index contributed by atoms with van der Waals surface area (Å²) in [6.07, 6.45) is 7.87. The van der Waals surface area contributed by atoms with Crippen molar-refractivity contribution in [2.45, 2.75) is 18.8 Å². The second-order valence-electron chi connectivity index (χ2n) is 6.81. The van der Waals surface area contributed by atoms with Crippen molar-refractivity contribution in [3.05, 3.63) is 53.6 Å². The quantitative estimate of drug-likeness (QED) is 0.281. The number of nitrogens with one attached hydrogen (secondary N) is 3. The lowest BCUT2D eigenvalue weighted by atomic mass is 10.2. The minimum absolute atomic E-state index is 0.0237. The van der Waals surface area contributed by atoms with Crippen LogP contribution >= 0.6 is 0 Å².